The second-order valence-electron chi connectivity index (χ2n) is 7.15. The van der Waals surface area contributed by atoms with Gasteiger partial charge in [-0.1, -0.05) is 32.6 Å². The number of hydrogen-bond acceptors (Lipinski definition) is 2. The van der Waals surface area contributed by atoms with Gasteiger partial charge < -0.3 is 10.0 Å². The lowest BCUT2D eigenvalue weighted by Gasteiger charge is -2.43. The van der Waals surface area contributed by atoms with Gasteiger partial charge in [-0.15, -0.1) is 0 Å². The van der Waals surface area contributed by atoms with Crippen molar-refractivity contribution < 1.29 is 5.11 Å². The quantitative estimate of drug-likeness (QED) is 0.840. The van der Waals surface area contributed by atoms with Gasteiger partial charge in [-0.05, 0) is 57.9 Å². The van der Waals surface area contributed by atoms with Crippen LogP contribution in [0, 0.1) is 11.8 Å². The molecule has 2 nitrogen and oxygen atoms in total. The van der Waals surface area contributed by atoms with Gasteiger partial charge in [0.15, 0.2) is 0 Å². The van der Waals surface area contributed by atoms with Gasteiger partial charge in [0.25, 0.3) is 0 Å². The summed E-state index contributed by atoms with van der Waals surface area (Å²) >= 11 is 0. The van der Waals surface area contributed by atoms with Crippen molar-refractivity contribution in [3.63, 3.8) is 0 Å². The first kappa shape index (κ1) is 15.3. The van der Waals surface area contributed by atoms with Crippen LogP contribution >= 0.6 is 0 Å². The first-order valence-corrected chi connectivity index (χ1v) is 8.53. The largest absolute Gasteiger partial charge is 0.390 e. The molecule has 1 N–H and O–H groups in total. The lowest BCUT2D eigenvalue weighted by molar-refractivity contribution is -0.0685. The number of nitrogens with zero attached hydrogens (tertiary/aromatic N) is 1. The summed E-state index contributed by atoms with van der Waals surface area (Å²) in [6.07, 6.45) is 9.75. The van der Waals surface area contributed by atoms with Crippen molar-refractivity contribution in [1.29, 1.82) is 0 Å². The fourth-order valence-electron chi connectivity index (χ4n) is 4.45. The standard InChI is InChI=1S/C17H33NO/c1-4-15-8-5-6-9-16(15)17(19)10-7-12-18(13-11-17)14(2)3/h14-16,19H,4-13H2,1-3H3. The van der Waals surface area contributed by atoms with E-state index in [-0.39, 0.29) is 5.60 Å². The van der Waals surface area contributed by atoms with Crippen LogP contribution < -0.4 is 0 Å². The van der Waals surface area contributed by atoms with Crippen molar-refractivity contribution in [2.45, 2.75) is 83.8 Å². The average molecular weight is 267 g/mol. The molecule has 112 valence electrons. The van der Waals surface area contributed by atoms with Crippen LogP contribution in [0.3, 0.4) is 0 Å². The van der Waals surface area contributed by atoms with Crippen LogP contribution in [0.15, 0.2) is 0 Å². The molecule has 0 radical (unpaired) electrons. The molecule has 0 aromatic heterocycles. The van der Waals surface area contributed by atoms with Gasteiger partial charge in [0.05, 0.1) is 5.60 Å². The summed E-state index contributed by atoms with van der Waals surface area (Å²) in [5.41, 5.74) is -0.370. The fraction of sp³-hybridized carbons (Fsp3) is 1.00. The highest BCUT2D eigenvalue weighted by Gasteiger charge is 2.42. The van der Waals surface area contributed by atoms with E-state index < -0.39 is 0 Å². The predicted octanol–water partition coefficient (Wildman–Crippen LogP) is 3.83. The zero-order chi connectivity index (χ0) is 13.9. The van der Waals surface area contributed by atoms with E-state index in [0.717, 1.165) is 25.3 Å². The Labute approximate surface area is 119 Å². The van der Waals surface area contributed by atoms with Crippen LogP contribution in [0.1, 0.15) is 72.1 Å². The van der Waals surface area contributed by atoms with Gasteiger partial charge in [0, 0.05) is 12.6 Å². The molecule has 19 heavy (non-hydrogen) atoms. The summed E-state index contributed by atoms with van der Waals surface area (Å²) in [5, 5.41) is 11.3. The molecule has 0 aromatic carbocycles. The summed E-state index contributed by atoms with van der Waals surface area (Å²) in [7, 11) is 0. The monoisotopic (exact) mass is 267 g/mol. The molecule has 2 aliphatic rings. The molecule has 1 saturated carbocycles. The van der Waals surface area contributed by atoms with Gasteiger partial charge in [-0.2, -0.15) is 0 Å². The van der Waals surface area contributed by atoms with E-state index in [1.165, 1.54) is 45.1 Å². The molecule has 1 saturated heterocycles. The number of rotatable bonds is 3. The Balaban J connectivity index is 2.04. The van der Waals surface area contributed by atoms with Gasteiger partial charge in [-0.25, -0.2) is 0 Å². The third kappa shape index (κ3) is 3.52. The first-order chi connectivity index (χ1) is 9.07. The van der Waals surface area contributed by atoms with Crippen molar-refractivity contribution in [3.8, 4) is 0 Å². The molecule has 0 bridgehead atoms. The van der Waals surface area contributed by atoms with E-state index in [1.54, 1.807) is 0 Å². The molecule has 1 heterocycles. The lowest BCUT2D eigenvalue weighted by Crippen LogP contribution is -2.44. The zero-order valence-corrected chi connectivity index (χ0v) is 13.2. The van der Waals surface area contributed by atoms with Gasteiger partial charge in [-0.3, -0.25) is 0 Å². The van der Waals surface area contributed by atoms with Crippen molar-refractivity contribution in [2.75, 3.05) is 13.1 Å². The van der Waals surface area contributed by atoms with Crippen LogP contribution in [-0.4, -0.2) is 34.7 Å². The summed E-state index contributed by atoms with van der Waals surface area (Å²) in [5.74, 6) is 1.34. The van der Waals surface area contributed by atoms with E-state index in [1.807, 2.05) is 0 Å². The number of likely N-dealkylation sites (tertiary alicyclic amines) is 1. The molecule has 2 rings (SSSR count). The molecule has 2 fully saturated rings. The van der Waals surface area contributed by atoms with E-state index in [2.05, 4.69) is 25.7 Å². The van der Waals surface area contributed by atoms with Crippen molar-refractivity contribution >= 4 is 0 Å². The van der Waals surface area contributed by atoms with Gasteiger partial charge >= 0.3 is 0 Å². The maximum absolute atomic E-state index is 11.3. The van der Waals surface area contributed by atoms with Crippen LogP contribution in [0.5, 0.6) is 0 Å². The Hall–Kier alpha value is -0.0800. The maximum Gasteiger partial charge on any atom is 0.0691 e. The molecule has 0 amide bonds. The summed E-state index contributed by atoms with van der Waals surface area (Å²) in [6.45, 7) is 9.12. The van der Waals surface area contributed by atoms with Crippen molar-refractivity contribution in [2.24, 2.45) is 11.8 Å². The zero-order valence-electron chi connectivity index (χ0n) is 13.2. The Morgan fingerprint density at radius 1 is 1.11 bits per heavy atom. The normalized spacial score (nSPS) is 38.4. The highest BCUT2D eigenvalue weighted by Crippen LogP contribution is 2.43. The first-order valence-electron chi connectivity index (χ1n) is 8.53. The minimum Gasteiger partial charge on any atom is -0.390 e. The highest BCUT2D eigenvalue weighted by molar-refractivity contribution is 4.94. The van der Waals surface area contributed by atoms with E-state index in [0.29, 0.717) is 12.0 Å². The Morgan fingerprint density at radius 3 is 2.53 bits per heavy atom. The minimum atomic E-state index is -0.370. The third-order valence-electron chi connectivity index (χ3n) is 5.74. The second kappa shape index (κ2) is 6.58. The molecule has 1 aliphatic heterocycles. The molecule has 1 aliphatic carbocycles. The molecule has 0 aromatic rings. The molecule has 0 spiro atoms. The van der Waals surface area contributed by atoms with Crippen LogP contribution in [-0.2, 0) is 0 Å². The minimum absolute atomic E-state index is 0.370. The van der Waals surface area contributed by atoms with Crippen molar-refractivity contribution in [1.82, 2.24) is 4.90 Å². The molecular weight excluding hydrogens is 234 g/mol. The fourth-order valence-corrected chi connectivity index (χ4v) is 4.45. The van der Waals surface area contributed by atoms with Crippen molar-refractivity contribution in [3.05, 3.63) is 0 Å². The molecule has 3 atom stereocenters. The summed E-state index contributed by atoms with van der Waals surface area (Å²) in [4.78, 5) is 2.54. The van der Waals surface area contributed by atoms with Crippen LogP contribution in [0.2, 0.25) is 0 Å². The summed E-state index contributed by atoms with van der Waals surface area (Å²) < 4.78 is 0. The van der Waals surface area contributed by atoms with E-state index >= 15 is 0 Å². The lowest BCUT2D eigenvalue weighted by atomic mass is 9.67. The second-order valence-corrected chi connectivity index (χ2v) is 7.15. The average Bonchev–Trinajstić information content (AvgIpc) is 2.62. The number of aliphatic hydroxyl groups is 1. The topological polar surface area (TPSA) is 23.5 Å². The Bertz CT molecular complexity index is 278. The van der Waals surface area contributed by atoms with E-state index in [4.69, 9.17) is 0 Å². The van der Waals surface area contributed by atoms with Crippen LogP contribution in [0.4, 0.5) is 0 Å². The van der Waals surface area contributed by atoms with Gasteiger partial charge in [0.1, 0.15) is 0 Å². The van der Waals surface area contributed by atoms with Crippen LogP contribution in [0.25, 0.3) is 0 Å². The van der Waals surface area contributed by atoms with E-state index in [9.17, 15) is 5.11 Å². The third-order valence-corrected chi connectivity index (χ3v) is 5.74. The molecular formula is C17H33NO. The number of hydrogen-bond donors (Lipinski definition) is 1. The van der Waals surface area contributed by atoms with Gasteiger partial charge in [0.2, 0.25) is 0 Å². The summed E-state index contributed by atoms with van der Waals surface area (Å²) in [6, 6.07) is 0.621. The maximum atomic E-state index is 11.3. The Morgan fingerprint density at radius 2 is 1.84 bits per heavy atom. The Kier molecular flexibility index (Phi) is 5.30. The highest BCUT2D eigenvalue weighted by atomic mass is 16.3. The molecule has 3 unspecified atom stereocenters. The SMILES string of the molecule is CCC1CCCCC1C1(O)CCCN(C(C)C)CC1. The molecule has 2 heteroatoms. The smallest absolute Gasteiger partial charge is 0.0691 e. The predicted molar refractivity (Wildman–Crippen MR) is 81.2 cm³/mol.